The maximum absolute atomic E-state index is 11.5. The Balaban J connectivity index is 3.21. The lowest BCUT2D eigenvalue weighted by atomic mass is 10.1. The first-order valence-electron chi connectivity index (χ1n) is 5.04. The lowest BCUT2D eigenvalue weighted by Crippen LogP contribution is -2.10. The number of aliphatic hydroxyl groups excluding tert-OH is 1. The summed E-state index contributed by atoms with van der Waals surface area (Å²) >= 11 is 0. The second-order valence-electron chi connectivity index (χ2n) is 3.52. The van der Waals surface area contributed by atoms with Crippen molar-refractivity contribution >= 4 is 11.9 Å². The van der Waals surface area contributed by atoms with Crippen LogP contribution in [0.2, 0.25) is 0 Å². The van der Waals surface area contributed by atoms with E-state index < -0.39 is 18.0 Å². The molecule has 0 amide bonds. The van der Waals surface area contributed by atoms with Gasteiger partial charge in [-0.25, -0.2) is 4.79 Å². The van der Waals surface area contributed by atoms with Crippen LogP contribution in [0.25, 0.3) is 0 Å². The van der Waals surface area contributed by atoms with E-state index in [4.69, 9.17) is 4.74 Å². The quantitative estimate of drug-likeness (QED) is 0.637. The molecule has 0 aromatic heterocycles. The topological polar surface area (TPSA) is 72.8 Å². The van der Waals surface area contributed by atoms with Crippen LogP contribution in [0.5, 0.6) is 5.75 Å². The molecular formula is C12H14O5. The average molecular weight is 238 g/mol. The van der Waals surface area contributed by atoms with E-state index in [9.17, 15) is 14.7 Å². The second kappa shape index (κ2) is 5.45. The molecule has 0 aliphatic carbocycles. The smallest absolute Gasteiger partial charge is 0.341 e. The molecule has 0 aliphatic rings. The van der Waals surface area contributed by atoms with Gasteiger partial charge in [-0.15, -0.1) is 0 Å². The van der Waals surface area contributed by atoms with E-state index in [-0.39, 0.29) is 11.3 Å². The van der Waals surface area contributed by atoms with Crippen LogP contribution in [0.15, 0.2) is 18.2 Å². The molecule has 0 fully saturated rings. The Bertz CT molecular complexity index is 437. The third-order valence-corrected chi connectivity index (χ3v) is 2.15. The molecule has 92 valence electrons. The average Bonchev–Trinajstić information content (AvgIpc) is 2.27. The maximum Gasteiger partial charge on any atom is 0.341 e. The molecule has 1 rings (SSSR count). The minimum Gasteiger partial charge on any atom is -0.465 e. The first kappa shape index (κ1) is 13.2. The van der Waals surface area contributed by atoms with Crippen molar-refractivity contribution in [3.05, 3.63) is 29.3 Å². The second-order valence-corrected chi connectivity index (χ2v) is 3.52. The molecule has 0 spiro atoms. The van der Waals surface area contributed by atoms with Crippen LogP contribution in [0, 0.1) is 0 Å². The first-order chi connectivity index (χ1) is 7.95. The SMILES string of the molecule is COC(=O)c1cc(C(C)O)ccc1OC(C)=O. The van der Waals surface area contributed by atoms with Crippen LogP contribution in [0.3, 0.4) is 0 Å². The number of ether oxygens (including phenoxy) is 2. The molecule has 1 N–H and O–H groups in total. The number of carbonyl (C=O) groups excluding carboxylic acids is 2. The highest BCUT2D eigenvalue weighted by atomic mass is 16.5. The summed E-state index contributed by atoms with van der Waals surface area (Å²) in [6.07, 6.45) is -0.718. The number of carbonyl (C=O) groups is 2. The summed E-state index contributed by atoms with van der Waals surface area (Å²) in [5.41, 5.74) is 0.655. The van der Waals surface area contributed by atoms with Crippen molar-refractivity contribution in [3.63, 3.8) is 0 Å². The molecule has 0 saturated heterocycles. The summed E-state index contributed by atoms with van der Waals surface area (Å²) in [6, 6.07) is 4.47. The fourth-order valence-corrected chi connectivity index (χ4v) is 1.32. The number of aliphatic hydroxyl groups is 1. The molecule has 0 aliphatic heterocycles. The van der Waals surface area contributed by atoms with Gasteiger partial charge in [0.25, 0.3) is 0 Å². The monoisotopic (exact) mass is 238 g/mol. The summed E-state index contributed by atoms with van der Waals surface area (Å²) in [5, 5.41) is 9.42. The number of esters is 2. The van der Waals surface area contributed by atoms with Crippen LogP contribution < -0.4 is 4.74 Å². The number of rotatable bonds is 3. The van der Waals surface area contributed by atoms with Crippen molar-refractivity contribution in [1.82, 2.24) is 0 Å². The molecule has 0 heterocycles. The largest absolute Gasteiger partial charge is 0.465 e. The van der Waals surface area contributed by atoms with E-state index in [1.54, 1.807) is 13.0 Å². The Hall–Kier alpha value is -1.88. The molecule has 1 aromatic rings. The van der Waals surface area contributed by atoms with Gasteiger partial charge in [0.2, 0.25) is 0 Å². The van der Waals surface area contributed by atoms with Crippen molar-refractivity contribution in [1.29, 1.82) is 0 Å². The minimum absolute atomic E-state index is 0.112. The summed E-state index contributed by atoms with van der Waals surface area (Å²) in [4.78, 5) is 22.4. The standard InChI is InChI=1S/C12H14O5/c1-7(13)9-4-5-11(17-8(2)14)10(6-9)12(15)16-3/h4-7,13H,1-3H3. The molecule has 0 radical (unpaired) electrons. The lowest BCUT2D eigenvalue weighted by Gasteiger charge is -2.11. The maximum atomic E-state index is 11.5. The Morgan fingerprint density at radius 1 is 1.35 bits per heavy atom. The van der Waals surface area contributed by atoms with Crippen molar-refractivity contribution < 1.29 is 24.2 Å². The molecule has 5 heteroatoms. The van der Waals surface area contributed by atoms with E-state index in [0.717, 1.165) is 0 Å². The van der Waals surface area contributed by atoms with Crippen molar-refractivity contribution in [2.45, 2.75) is 20.0 Å². The molecule has 1 atom stereocenters. The van der Waals surface area contributed by atoms with Gasteiger partial charge in [-0.1, -0.05) is 6.07 Å². The zero-order chi connectivity index (χ0) is 13.0. The number of hydrogen-bond donors (Lipinski definition) is 1. The third-order valence-electron chi connectivity index (χ3n) is 2.15. The molecule has 17 heavy (non-hydrogen) atoms. The number of hydrogen-bond acceptors (Lipinski definition) is 5. The van der Waals surface area contributed by atoms with Gasteiger partial charge in [-0.05, 0) is 24.6 Å². The van der Waals surface area contributed by atoms with Gasteiger partial charge in [0.15, 0.2) is 0 Å². The highest BCUT2D eigenvalue weighted by molar-refractivity contribution is 5.93. The molecule has 1 unspecified atom stereocenters. The van der Waals surface area contributed by atoms with E-state index in [0.29, 0.717) is 5.56 Å². The van der Waals surface area contributed by atoms with Gasteiger partial charge in [-0.3, -0.25) is 4.79 Å². The van der Waals surface area contributed by atoms with Crippen LogP contribution >= 0.6 is 0 Å². The van der Waals surface area contributed by atoms with Crippen LogP contribution in [0.1, 0.15) is 35.9 Å². The van der Waals surface area contributed by atoms with Crippen LogP contribution in [-0.2, 0) is 9.53 Å². The summed E-state index contributed by atoms with van der Waals surface area (Å²) < 4.78 is 9.46. The van der Waals surface area contributed by atoms with Crippen molar-refractivity contribution in [2.24, 2.45) is 0 Å². The van der Waals surface area contributed by atoms with Crippen molar-refractivity contribution in [3.8, 4) is 5.75 Å². The Morgan fingerprint density at radius 2 is 2.00 bits per heavy atom. The molecule has 0 saturated carbocycles. The predicted octanol–water partition coefficient (Wildman–Crippen LogP) is 1.45. The minimum atomic E-state index is -0.718. The van der Waals surface area contributed by atoms with Gasteiger partial charge in [-0.2, -0.15) is 0 Å². The fourth-order valence-electron chi connectivity index (χ4n) is 1.32. The van der Waals surface area contributed by atoms with Gasteiger partial charge in [0.05, 0.1) is 13.2 Å². The number of benzene rings is 1. The fraction of sp³-hybridized carbons (Fsp3) is 0.333. The molecule has 5 nitrogen and oxygen atoms in total. The Labute approximate surface area is 99.0 Å². The van der Waals surface area contributed by atoms with Gasteiger partial charge in [0.1, 0.15) is 11.3 Å². The number of methoxy groups -OCH3 is 1. The Kier molecular flexibility index (Phi) is 4.23. The normalized spacial score (nSPS) is 11.8. The molecular weight excluding hydrogens is 224 g/mol. The van der Waals surface area contributed by atoms with Crippen molar-refractivity contribution in [2.75, 3.05) is 7.11 Å². The summed E-state index contributed by atoms with van der Waals surface area (Å²) in [5.74, 6) is -1.03. The van der Waals surface area contributed by atoms with Crippen LogP contribution in [0.4, 0.5) is 0 Å². The zero-order valence-electron chi connectivity index (χ0n) is 9.89. The van der Waals surface area contributed by atoms with Gasteiger partial charge < -0.3 is 14.6 Å². The zero-order valence-corrected chi connectivity index (χ0v) is 9.89. The van der Waals surface area contributed by atoms with E-state index in [2.05, 4.69) is 4.74 Å². The first-order valence-corrected chi connectivity index (χ1v) is 5.04. The highest BCUT2D eigenvalue weighted by Crippen LogP contribution is 2.24. The Morgan fingerprint density at radius 3 is 2.47 bits per heavy atom. The summed E-state index contributed by atoms with van der Waals surface area (Å²) in [6.45, 7) is 2.81. The van der Waals surface area contributed by atoms with Gasteiger partial charge in [0, 0.05) is 6.92 Å². The van der Waals surface area contributed by atoms with Gasteiger partial charge >= 0.3 is 11.9 Å². The lowest BCUT2D eigenvalue weighted by molar-refractivity contribution is -0.131. The molecule has 0 bridgehead atoms. The summed E-state index contributed by atoms with van der Waals surface area (Å²) in [7, 11) is 1.23. The highest BCUT2D eigenvalue weighted by Gasteiger charge is 2.16. The molecule has 1 aromatic carbocycles. The third kappa shape index (κ3) is 3.29. The van der Waals surface area contributed by atoms with Crippen LogP contribution in [-0.4, -0.2) is 24.2 Å². The van der Waals surface area contributed by atoms with E-state index in [1.165, 1.54) is 26.2 Å². The van der Waals surface area contributed by atoms with E-state index in [1.807, 2.05) is 0 Å². The van der Waals surface area contributed by atoms with E-state index >= 15 is 0 Å². The predicted molar refractivity (Wildman–Crippen MR) is 59.7 cm³/mol.